The molecule has 55 heavy (non-hydrogen) atoms. The van der Waals surface area contributed by atoms with Crippen LogP contribution in [-0.2, 0) is 31.0 Å². The molecule has 2 aliphatic heterocycles. The second-order valence-electron chi connectivity index (χ2n) is 14.8. The van der Waals surface area contributed by atoms with Gasteiger partial charge in [0.1, 0.15) is 24.9 Å². The number of carboxylic acids is 1. The molecule has 292 valence electrons. The molecule has 0 fully saturated rings. The highest BCUT2D eigenvalue weighted by atomic mass is 32.2. The number of nitrogens with two attached hydrogens (primary N) is 1. The van der Waals surface area contributed by atoms with E-state index in [1.165, 1.54) is 28.9 Å². The number of carbonyl (C=O) groups excluding carboxylic acids is 1. The zero-order valence-electron chi connectivity index (χ0n) is 32.3. The van der Waals surface area contributed by atoms with E-state index in [0.29, 0.717) is 25.3 Å². The van der Waals surface area contributed by atoms with Crippen molar-refractivity contribution in [2.45, 2.75) is 86.5 Å². The molecule has 5 rings (SSSR count). The van der Waals surface area contributed by atoms with E-state index in [-0.39, 0.29) is 23.2 Å². The Hall–Kier alpha value is -4.33. The first-order chi connectivity index (χ1) is 26.3. The predicted molar refractivity (Wildman–Crippen MR) is 223 cm³/mol. The molecule has 0 aliphatic carbocycles. The molecule has 0 radical (unpaired) electrons. The lowest BCUT2D eigenvalue weighted by Crippen LogP contribution is -2.32. The molecule has 0 spiro atoms. The maximum absolute atomic E-state index is 12.5. The number of allylic oxidation sites excluding steroid dienone is 6. The van der Waals surface area contributed by atoms with Gasteiger partial charge in [-0.3, -0.25) is 9.59 Å². The van der Waals surface area contributed by atoms with Gasteiger partial charge in [-0.1, -0.05) is 44.2 Å². The van der Waals surface area contributed by atoms with Crippen LogP contribution in [0.2, 0.25) is 0 Å². The third kappa shape index (κ3) is 10.5. The second kappa shape index (κ2) is 19.0. The molecular weight excluding hydrogens is 733 g/mol. The number of hydrogen-bond donors (Lipinski definition) is 5. The molecule has 6 N–H and O–H groups in total. The smallest absolute Gasteiger partial charge is 0.320 e. The van der Waals surface area contributed by atoms with Gasteiger partial charge in [0.2, 0.25) is 11.6 Å². The number of unbranched alkanes of at least 4 members (excludes halogenated alkanes) is 2. The number of nitrogens with one attached hydrogen (secondary N) is 2. The largest absolute Gasteiger partial charge is 0.492 e. The van der Waals surface area contributed by atoms with E-state index in [1.54, 1.807) is 31.4 Å². The zero-order valence-corrected chi connectivity index (χ0v) is 33.9. The van der Waals surface area contributed by atoms with Crippen LogP contribution in [0.15, 0.2) is 107 Å². The maximum atomic E-state index is 12.5. The van der Waals surface area contributed by atoms with Crippen molar-refractivity contribution in [2.24, 2.45) is 5.73 Å². The number of ether oxygens (including phenoxy) is 1. The molecule has 1 atom stereocenters. The van der Waals surface area contributed by atoms with Crippen molar-refractivity contribution >= 4 is 53.0 Å². The molecule has 0 unspecified atom stereocenters. The highest BCUT2D eigenvalue weighted by Crippen LogP contribution is 2.45. The van der Waals surface area contributed by atoms with E-state index >= 15 is 0 Å². The Bertz CT molecular complexity index is 1970. The van der Waals surface area contributed by atoms with Crippen LogP contribution >= 0.6 is 24.1 Å². The topological polar surface area (TPSA) is 146 Å². The lowest BCUT2D eigenvalue weighted by molar-refractivity contribution is -0.438. The van der Waals surface area contributed by atoms with E-state index in [1.807, 2.05) is 6.07 Å². The maximum Gasteiger partial charge on any atom is 0.320 e. The van der Waals surface area contributed by atoms with E-state index in [4.69, 9.17) is 19.8 Å². The van der Waals surface area contributed by atoms with Gasteiger partial charge >= 0.3 is 5.97 Å². The lowest BCUT2D eigenvalue weighted by Gasteiger charge is -2.20. The van der Waals surface area contributed by atoms with Gasteiger partial charge in [-0.15, -0.1) is 0 Å². The number of rotatable bonds is 19. The number of aliphatic carboxylic acids is 1. The molecule has 0 saturated carbocycles. The van der Waals surface area contributed by atoms with Gasteiger partial charge in [0.25, 0.3) is 0 Å². The summed E-state index contributed by atoms with van der Waals surface area (Å²) < 4.78 is 23.2. The molecule has 1 amide bonds. The fraction of sp³-hybridized carbons (Fsp3) is 0.372. The first-order valence-electron chi connectivity index (χ1n) is 18.6. The average Bonchev–Trinajstić information content (AvgIpc) is 3.53. The van der Waals surface area contributed by atoms with Crippen molar-refractivity contribution in [2.75, 3.05) is 32.1 Å². The fourth-order valence-corrected chi connectivity index (χ4v) is 7.83. The summed E-state index contributed by atoms with van der Waals surface area (Å²) in [6.07, 6.45) is 13.9. The van der Waals surface area contributed by atoms with Crippen LogP contribution in [0.1, 0.15) is 70.1 Å². The molecule has 0 aromatic heterocycles. The number of nitrogens with zero attached hydrogens (tertiary/aromatic N) is 1. The van der Waals surface area contributed by atoms with Crippen molar-refractivity contribution < 1.29 is 32.7 Å². The first kappa shape index (κ1) is 41.8. The van der Waals surface area contributed by atoms with E-state index < -0.39 is 12.0 Å². The molecule has 3 aromatic rings. The summed E-state index contributed by atoms with van der Waals surface area (Å²) in [5.74, 6) is -0.391. The number of carboxylic acid groups (broad SMARTS) is 1. The summed E-state index contributed by atoms with van der Waals surface area (Å²) in [6, 6.07) is 18.7. The quantitative estimate of drug-likeness (QED) is 0.0348. The van der Waals surface area contributed by atoms with Gasteiger partial charge in [-0.2, -0.15) is 4.58 Å². The summed E-state index contributed by atoms with van der Waals surface area (Å²) in [6.45, 7) is 10.4. The Morgan fingerprint density at radius 2 is 1.69 bits per heavy atom. The Kier molecular flexibility index (Phi) is 14.5. The van der Waals surface area contributed by atoms with E-state index in [0.717, 1.165) is 70.3 Å². The van der Waals surface area contributed by atoms with Gasteiger partial charge in [-0.25, -0.2) is 0 Å². The Labute approximate surface area is 333 Å². The highest BCUT2D eigenvalue weighted by Gasteiger charge is 2.44. The van der Waals surface area contributed by atoms with E-state index in [9.17, 15) is 14.1 Å². The summed E-state index contributed by atoms with van der Waals surface area (Å²) in [4.78, 5) is 25.4. The normalized spacial score (nSPS) is 16.7. The number of hydrogen-bond acceptors (Lipinski definition) is 9. The van der Waals surface area contributed by atoms with Crippen LogP contribution in [0.5, 0.6) is 5.75 Å². The SMILES string of the molecule is COSc1ccc2c(c1)C(C)(C)/C(=C/C=C/C=C/C1=[N+](CCCCCC(=O)NCCOc3ccc(C[C@H](N)C(=O)O)cc3)c3ccc(SO)cc3C1(C)C)N2. The summed E-state index contributed by atoms with van der Waals surface area (Å²) in [5, 5.41) is 15.5. The number of fused-ring (bicyclic) bond motifs is 2. The van der Waals surface area contributed by atoms with Crippen molar-refractivity contribution in [3.8, 4) is 5.75 Å². The fourth-order valence-electron chi connectivity index (χ4n) is 7.05. The van der Waals surface area contributed by atoms with Crippen LogP contribution < -0.4 is 21.1 Å². The van der Waals surface area contributed by atoms with Crippen LogP contribution in [0.3, 0.4) is 0 Å². The van der Waals surface area contributed by atoms with Crippen LogP contribution in [0.4, 0.5) is 11.4 Å². The van der Waals surface area contributed by atoms with E-state index in [2.05, 4.69) is 104 Å². The van der Waals surface area contributed by atoms with Gasteiger partial charge in [0.15, 0.2) is 5.71 Å². The Balaban J connectivity index is 1.13. The van der Waals surface area contributed by atoms with Gasteiger partial charge < -0.3 is 34.9 Å². The Morgan fingerprint density at radius 3 is 2.42 bits per heavy atom. The van der Waals surface area contributed by atoms with Crippen molar-refractivity contribution in [1.82, 2.24) is 5.32 Å². The third-order valence-electron chi connectivity index (χ3n) is 10.2. The molecule has 0 saturated heterocycles. The van der Waals surface area contributed by atoms with Gasteiger partial charge in [-0.05, 0) is 92.8 Å². The summed E-state index contributed by atoms with van der Waals surface area (Å²) >= 11 is 2.13. The number of carbonyl (C=O) groups is 2. The summed E-state index contributed by atoms with van der Waals surface area (Å²) in [7, 11) is 1.68. The van der Waals surface area contributed by atoms with Crippen molar-refractivity contribution in [3.05, 3.63) is 113 Å². The highest BCUT2D eigenvalue weighted by molar-refractivity contribution is 7.94. The minimum absolute atomic E-state index is 0.00449. The van der Waals surface area contributed by atoms with Crippen LogP contribution in [0.25, 0.3) is 0 Å². The van der Waals surface area contributed by atoms with Crippen LogP contribution in [0, 0.1) is 0 Å². The number of anilines is 1. The number of benzene rings is 3. The van der Waals surface area contributed by atoms with Crippen molar-refractivity contribution in [3.63, 3.8) is 0 Å². The third-order valence-corrected chi connectivity index (χ3v) is 11.2. The average molecular weight is 786 g/mol. The first-order valence-corrected chi connectivity index (χ1v) is 20.1. The summed E-state index contributed by atoms with van der Waals surface area (Å²) in [5.41, 5.74) is 13.0. The molecule has 2 aliphatic rings. The lowest BCUT2D eigenvalue weighted by atomic mass is 9.81. The van der Waals surface area contributed by atoms with Crippen molar-refractivity contribution in [1.29, 1.82) is 0 Å². The van der Waals surface area contributed by atoms with Gasteiger partial charge in [0.05, 0.1) is 19.1 Å². The standard InChI is InChI=1S/C43H52N4O6S2/c1-42(2)33-28-32(55-52-5)19-21-36(33)46-38(42)12-8-6-9-13-39-43(3,4)34-27-31(54-51)20-22-37(34)47(39)24-11-7-10-14-40(48)45-23-25-53-30-17-15-29(16-18-30)26-35(44)41(49)50/h6,8-9,12-13,15-22,27-28,35H,7,10-11,14,23-26,44H2,1-5H3,(H3,45,48,49,50,51)/p+1/t35-/m0/s1. The molecule has 10 nitrogen and oxygen atoms in total. The van der Waals surface area contributed by atoms with Gasteiger partial charge in [0, 0.05) is 81.2 Å². The minimum atomic E-state index is -1.03. The Morgan fingerprint density at radius 1 is 0.945 bits per heavy atom. The second-order valence-corrected chi connectivity index (χ2v) is 16.4. The monoisotopic (exact) mass is 785 g/mol. The zero-order chi connectivity index (χ0) is 39.6. The van der Waals surface area contributed by atoms with Crippen LogP contribution in [-0.4, -0.2) is 64.7 Å². The molecule has 12 heteroatoms. The molecular formula is C43H53N4O6S2+. The molecule has 3 aromatic carbocycles. The molecule has 0 bridgehead atoms. The predicted octanol–water partition coefficient (Wildman–Crippen LogP) is 8.39. The minimum Gasteiger partial charge on any atom is -0.492 e. The number of amides is 1. The molecule has 2 heterocycles.